The molecule has 2 heterocycles. The first-order valence-electron chi connectivity index (χ1n) is 8.20. The number of nitrogens with one attached hydrogen (secondary N) is 1. The van der Waals surface area contributed by atoms with Crippen molar-refractivity contribution in [2.24, 2.45) is 0 Å². The second-order valence-corrected chi connectivity index (χ2v) is 6.41. The van der Waals surface area contributed by atoms with Crippen molar-refractivity contribution in [1.29, 1.82) is 0 Å². The monoisotopic (exact) mass is 385 g/mol. The van der Waals surface area contributed by atoms with Crippen LogP contribution in [0.25, 0.3) is 0 Å². The number of fused-ring (bicyclic) bond motifs is 1. The molecule has 138 valence electrons. The molecule has 1 aliphatic rings. The lowest BCUT2D eigenvalue weighted by atomic mass is 10.2. The van der Waals surface area contributed by atoms with Crippen LogP contribution in [0, 0.1) is 0 Å². The van der Waals surface area contributed by atoms with Crippen molar-refractivity contribution in [2.75, 3.05) is 12.5 Å². The summed E-state index contributed by atoms with van der Waals surface area (Å²) in [6, 6.07) is 12.8. The molecule has 1 aromatic heterocycles. The molecular formula is C18H16ClN5O3. The highest BCUT2D eigenvalue weighted by Crippen LogP contribution is 2.32. The summed E-state index contributed by atoms with van der Waals surface area (Å²) in [5.74, 6) is 1.16. The number of rotatable bonds is 5. The van der Waals surface area contributed by atoms with Gasteiger partial charge in [0.1, 0.15) is 0 Å². The van der Waals surface area contributed by atoms with Crippen LogP contribution in [0.4, 0.5) is 5.82 Å². The van der Waals surface area contributed by atoms with Crippen LogP contribution in [0.1, 0.15) is 21.6 Å². The smallest absolute Gasteiger partial charge is 0.275 e. The second-order valence-electron chi connectivity index (χ2n) is 5.98. The molecule has 0 unspecified atom stereocenters. The molecule has 3 N–H and O–H groups in total. The van der Waals surface area contributed by atoms with E-state index in [2.05, 4.69) is 15.6 Å². The molecular weight excluding hydrogens is 370 g/mol. The maximum atomic E-state index is 12.4. The number of halogens is 1. The van der Waals surface area contributed by atoms with Gasteiger partial charge >= 0.3 is 0 Å². The number of anilines is 1. The Balaban J connectivity index is 1.41. The van der Waals surface area contributed by atoms with Crippen LogP contribution >= 0.6 is 11.6 Å². The summed E-state index contributed by atoms with van der Waals surface area (Å²) < 4.78 is 12.1. The maximum Gasteiger partial charge on any atom is 0.275 e. The van der Waals surface area contributed by atoms with Gasteiger partial charge in [-0.15, -0.1) is 5.10 Å². The SMILES string of the molecule is Nc1c(C(=O)NCc2ccc3c(c2)OCO3)nnn1Cc1ccc(Cl)cc1. The molecule has 0 saturated carbocycles. The fourth-order valence-corrected chi connectivity index (χ4v) is 2.80. The largest absolute Gasteiger partial charge is 0.454 e. The van der Waals surface area contributed by atoms with E-state index in [1.54, 1.807) is 18.2 Å². The minimum atomic E-state index is -0.396. The summed E-state index contributed by atoms with van der Waals surface area (Å²) in [7, 11) is 0. The highest BCUT2D eigenvalue weighted by Gasteiger charge is 2.18. The summed E-state index contributed by atoms with van der Waals surface area (Å²) in [6.07, 6.45) is 0. The molecule has 3 aromatic rings. The van der Waals surface area contributed by atoms with E-state index in [0.717, 1.165) is 11.1 Å². The van der Waals surface area contributed by atoms with Crippen LogP contribution in [-0.4, -0.2) is 27.7 Å². The van der Waals surface area contributed by atoms with Gasteiger partial charge in [0.05, 0.1) is 6.54 Å². The summed E-state index contributed by atoms with van der Waals surface area (Å²) in [4.78, 5) is 12.4. The number of nitrogens with zero attached hydrogens (tertiary/aromatic N) is 3. The van der Waals surface area contributed by atoms with E-state index in [0.29, 0.717) is 29.6 Å². The number of carbonyl (C=O) groups excluding carboxylic acids is 1. The minimum Gasteiger partial charge on any atom is -0.454 e. The number of benzene rings is 2. The quantitative estimate of drug-likeness (QED) is 0.697. The maximum absolute atomic E-state index is 12.4. The van der Waals surface area contributed by atoms with Crippen molar-refractivity contribution in [2.45, 2.75) is 13.1 Å². The van der Waals surface area contributed by atoms with Crippen molar-refractivity contribution >= 4 is 23.3 Å². The van der Waals surface area contributed by atoms with Gasteiger partial charge in [-0.2, -0.15) is 0 Å². The molecule has 27 heavy (non-hydrogen) atoms. The predicted octanol–water partition coefficient (Wildman–Crippen LogP) is 2.22. The lowest BCUT2D eigenvalue weighted by molar-refractivity contribution is 0.0946. The summed E-state index contributed by atoms with van der Waals surface area (Å²) >= 11 is 5.88. The first-order chi connectivity index (χ1) is 13.1. The zero-order valence-corrected chi connectivity index (χ0v) is 14.9. The highest BCUT2D eigenvalue weighted by atomic mass is 35.5. The number of amides is 1. The molecule has 0 radical (unpaired) electrons. The van der Waals surface area contributed by atoms with Gasteiger partial charge in [0.25, 0.3) is 5.91 Å². The number of hydrogen-bond donors (Lipinski definition) is 2. The van der Waals surface area contributed by atoms with Gasteiger partial charge in [-0.3, -0.25) is 4.79 Å². The van der Waals surface area contributed by atoms with E-state index < -0.39 is 5.91 Å². The standard InChI is InChI=1S/C18H16ClN5O3/c19-13-4-1-11(2-5-13)9-24-17(20)16(22-23-24)18(25)21-8-12-3-6-14-15(7-12)27-10-26-14/h1-7H,8-10,20H2,(H,21,25). The number of ether oxygens (including phenoxy) is 2. The molecule has 0 fully saturated rings. The lowest BCUT2D eigenvalue weighted by Crippen LogP contribution is -2.24. The Morgan fingerprint density at radius 1 is 1.15 bits per heavy atom. The van der Waals surface area contributed by atoms with Gasteiger partial charge in [0.15, 0.2) is 23.0 Å². The fourth-order valence-electron chi connectivity index (χ4n) is 2.68. The first-order valence-corrected chi connectivity index (χ1v) is 8.58. The predicted molar refractivity (Wildman–Crippen MR) is 98.7 cm³/mol. The van der Waals surface area contributed by atoms with Gasteiger partial charge in [0, 0.05) is 11.6 Å². The Morgan fingerprint density at radius 2 is 1.89 bits per heavy atom. The average molecular weight is 386 g/mol. The van der Waals surface area contributed by atoms with Gasteiger partial charge in [-0.1, -0.05) is 35.0 Å². The second kappa shape index (κ2) is 7.16. The molecule has 9 heteroatoms. The van der Waals surface area contributed by atoms with E-state index in [1.165, 1.54) is 4.68 Å². The molecule has 0 saturated heterocycles. The van der Waals surface area contributed by atoms with E-state index in [9.17, 15) is 4.79 Å². The molecule has 4 rings (SSSR count). The van der Waals surface area contributed by atoms with Crippen LogP contribution in [0.15, 0.2) is 42.5 Å². The van der Waals surface area contributed by atoms with Crippen molar-refractivity contribution < 1.29 is 14.3 Å². The third-order valence-corrected chi connectivity index (χ3v) is 4.38. The molecule has 1 aliphatic heterocycles. The molecule has 1 amide bonds. The summed E-state index contributed by atoms with van der Waals surface area (Å²) in [5.41, 5.74) is 7.95. The number of nitrogen functional groups attached to an aromatic ring is 1. The first kappa shape index (κ1) is 17.2. The highest BCUT2D eigenvalue weighted by molar-refractivity contribution is 6.30. The Labute approximate surface area is 159 Å². The zero-order chi connectivity index (χ0) is 18.8. The third-order valence-electron chi connectivity index (χ3n) is 4.12. The fraction of sp³-hybridized carbons (Fsp3) is 0.167. The Morgan fingerprint density at radius 3 is 2.70 bits per heavy atom. The van der Waals surface area contributed by atoms with Gasteiger partial charge in [-0.25, -0.2) is 4.68 Å². The summed E-state index contributed by atoms with van der Waals surface area (Å²) in [6.45, 7) is 0.906. The average Bonchev–Trinajstić information content (AvgIpc) is 3.28. The van der Waals surface area contributed by atoms with Gasteiger partial charge in [-0.05, 0) is 35.4 Å². The summed E-state index contributed by atoms with van der Waals surface area (Å²) in [5, 5.41) is 11.3. The molecule has 0 bridgehead atoms. The van der Waals surface area contributed by atoms with Crippen molar-refractivity contribution in [1.82, 2.24) is 20.3 Å². The molecule has 2 aromatic carbocycles. The van der Waals surface area contributed by atoms with Crippen LogP contribution in [0.2, 0.25) is 5.02 Å². The Bertz CT molecular complexity index is 987. The van der Waals surface area contributed by atoms with Crippen molar-refractivity contribution in [3.8, 4) is 11.5 Å². The van der Waals surface area contributed by atoms with E-state index >= 15 is 0 Å². The molecule has 0 atom stereocenters. The van der Waals surface area contributed by atoms with E-state index in [4.69, 9.17) is 26.8 Å². The number of aromatic nitrogens is 3. The zero-order valence-electron chi connectivity index (χ0n) is 14.2. The Kier molecular flexibility index (Phi) is 4.55. The topological polar surface area (TPSA) is 104 Å². The Hall–Kier alpha value is -3.26. The van der Waals surface area contributed by atoms with Gasteiger partial charge < -0.3 is 20.5 Å². The van der Waals surface area contributed by atoms with Crippen LogP contribution in [-0.2, 0) is 13.1 Å². The van der Waals surface area contributed by atoms with E-state index in [-0.39, 0.29) is 18.3 Å². The van der Waals surface area contributed by atoms with Crippen molar-refractivity contribution in [3.05, 3.63) is 64.3 Å². The van der Waals surface area contributed by atoms with Crippen LogP contribution < -0.4 is 20.5 Å². The van der Waals surface area contributed by atoms with Gasteiger partial charge in [0.2, 0.25) is 6.79 Å². The number of nitrogens with two attached hydrogens (primary N) is 1. The molecule has 0 spiro atoms. The number of hydrogen-bond acceptors (Lipinski definition) is 6. The van der Waals surface area contributed by atoms with E-state index in [1.807, 2.05) is 24.3 Å². The third kappa shape index (κ3) is 3.65. The van der Waals surface area contributed by atoms with Crippen molar-refractivity contribution in [3.63, 3.8) is 0 Å². The lowest BCUT2D eigenvalue weighted by Gasteiger charge is -2.06. The molecule has 8 nitrogen and oxygen atoms in total. The van der Waals surface area contributed by atoms with Crippen LogP contribution in [0.5, 0.6) is 11.5 Å². The minimum absolute atomic E-state index is 0.0877. The number of carbonyl (C=O) groups is 1. The normalized spacial score (nSPS) is 12.2. The molecule has 0 aliphatic carbocycles. The van der Waals surface area contributed by atoms with Crippen LogP contribution in [0.3, 0.4) is 0 Å².